The van der Waals surface area contributed by atoms with Crippen LogP contribution >= 0.6 is 0 Å². The van der Waals surface area contributed by atoms with Gasteiger partial charge in [0.25, 0.3) is 0 Å². The van der Waals surface area contributed by atoms with E-state index in [1.54, 1.807) is 0 Å². The van der Waals surface area contributed by atoms with Crippen molar-refractivity contribution in [1.82, 2.24) is 4.98 Å². The maximum Gasteiger partial charge on any atom is 0.372 e. The standard InChI is InChI=1S/C12H15NO5/c1-2-3-4-18-11-7-13-8(5-9(11)14)6-10(15)12(16)17/h5,7H,2-4,6H2,1H3,(H,13,14)(H,16,17). The number of ether oxygens (including phenoxy) is 1. The lowest BCUT2D eigenvalue weighted by molar-refractivity contribution is -0.148. The minimum Gasteiger partial charge on any atom is -0.488 e. The zero-order valence-electron chi connectivity index (χ0n) is 10.1. The summed E-state index contributed by atoms with van der Waals surface area (Å²) >= 11 is 0. The second-order valence-corrected chi connectivity index (χ2v) is 3.79. The molecule has 0 aliphatic rings. The van der Waals surface area contributed by atoms with Crippen molar-refractivity contribution in [3.8, 4) is 5.75 Å². The Labute approximate surface area is 104 Å². The van der Waals surface area contributed by atoms with Gasteiger partial charge < -0.3 is 14.8 Å². The molecule has 0 radical (unpaired) electrons. The van der Waals surface area contributed by atoms with Crippen molar-refractivity contribution >= 4 is 11.8 Å². The van der Waals surface area contributed by atoms with Crippen LogP contribution in [0.15, 0.2) is 17.1 Å². The maximum atomic E-state index is 11.6. The van der Waals surface area contributed by atoms with Crippen LogP contribution in [0.4, 0.5) is 0 Å². The monoisotopic (exact) mass is 253 g/mol. The molecule has 6 heteroatoms. The lowest BCUT2D eigenvalue weighted by atomic mass is 10.2. The van der Waals surface area contributed by atoms with Gasteiger partial charge in [-0.3, -0.25) is 9.59 Å². The third-order valence-electron chi connectivity index (χ3n) is 2.28. The zero-order chi connectivity index (χ0) is 13.5. The number of carboxylic acids is 1. The highest BCUT2D eigenvalue weighted by molar-refractivity contribution is 6.33. The van der Waals surface area contributed by atoms with Crippen molar-refractivity contribution in [3.63, 3.8) is 0 Å². The first-order chi connectivity index (χ1) is 8.54. The Balaban J connectivity index is 2.70. The Morgan fingerprint density at radius 2 is 2.17 bits per heavy atom. The number of carbonyl (C=O) groups excluding carboxylic acids is 1. The quantitative estimate of drug-likeness (QED) is 0.552. The molecule has 0 spiro atoms. The van der Waals surface area contributed by atoms with E-state index in [9.17, 15) is 14.4 Å². The number of ketones is 1. The molecular formula is C12H15NO5. The number of carbonyl (C=O) groups is 2. The minimum absolute atomic E-state index is 0.176. The number of aromatic amines is 1. The third kappa shape index (κ3) is 4.04. The number of hydrogen-bond donors (Lipinski definition) is 2. The summed E-state index contributed by atoms with van der Waals surface area (Å²) in [6, 6.07) is 1.18. The number of aliphatic carboxylic acids is 1. The van der Waals surface area contributed by atoms with Crippen LogP contribution in [-0.4, -0.2) is 28.4 Å². The van der Waals surface area contributed by atoms with Crippen LogP contribution in [0.5, 0.6) is 5.75 Å². The third-order valence-corrected chi connectivity index (χ3v) is 2.28. The molecular weight excluding hydrogens is 238 g/mol. The van der Waals surface area contributed by atoms with Crippen LogP contribution in [-0.2, 0) is 16.0 Å². The summed E-state index contributed by atoms with van der Waals surface area (Å²) in [5.74, 6) is -2.31. The molecule has 0 atom stereocenters. The Kier molecular flexibility index (Phi) is 5.10. The van der Waals surface area contributed by atoms with Crippen molar-refractivity contribution in [2.45, 2.75) is 26.2 Å². The van der Waals surface area contributed by atoms with Gasteiger partial charge in [0.15, 0.2) is 5.75 Å². The molecule has 0 bridgehead atoms. The number of aromatic nitrogens is 1. The predicted molar refractivity (Wildman–Crippen MR) is 63.8 cm³/mol. The van der Waals surface area contributed by atoms with Crippen LogP contribution in [0.25, 0.3) is 0 Å². The first-order valence-corrected chi connectivity index (χ1v) is 5.65. The number of rotatable bonds is 7. The van der Waals surface area contributed by atoms with Gasteiger partial charge in [-0.15, -0.1) is 0 Å². The molecule has 1 aromatic rings. The molecule has 2 N–H and O–H groups in total. The summed E-state index contributed by atoms with van der Waals surface area (Å²) < 4.78 is 5.24. The first kappa shape index (κ1) is 14.0. The Bertz CT molecular complexity index is 491. The second kappa shape index (κ2) is 6.58. The molecule has 0 saturated carbocycles. The van der Waals surface area contributed by atoms with Gasteiger partial charge in [-0.2, -0.15) is 0 Å². The predicted octanol–water partition coefficient (Wildman–Crippen LogP) is 0.750. The SMILES string of the molecule is CCCCOc1c[nH]c(CC(=O)C(=O)O)cc1=O. The molecule has 0 unspecified atom stereocenters. The number of nitrogens with one attached hydrogen (secondary N) is 1. The van der Waals surface area contributed by atoms with Crippen molar-refractivity contribution in [2.75, 3.05) is 6.61 Å². The largest absolute Gasteiger partial charge is 0.488 e. The van der Waals surface area contributed by atoms with Gasteiger partial charge in [-0.25, -0.2) is 4.79 Å². The van der Waals surface area contributed by atoms with Gasteiger partial charge in [-0.05, 0) is 6.42 Å². The average molecular weight is 253 g/mol. The van der Waals surface area contributed by atoms with Gasteiger partial charge in [0.2, 0.25) is 11.2 Å². The number of pyridine rings is 1. The minimum atomic E-state index is -1.51. The van der Waals surface area contributed by atoms with Crippen molar-refractivity contribution in [2.24, 2.45) is 0 Å². The molecule has 6 nitrogen and oxygen atoms in total. The fourth-order valence-corrected chi connectivity index (χ4v) is 1.29. The number of unbranched alkanes of at least 4 members (excludes halogenated alkanes) is 1. The zero-order valence-corrected chi connectivity index (χ0v) is 10.1. The van der Waals surface area contributed by atoms with Crippen molar-refractivity contribution in [1.29, 1.82) is 0 Å². The fraction of sp³-hybridized carbons (Fsp3) is 0.417. The van der Waals surface area contributed by atoms with E-state index < -0.39 is 11.8 Å². The summed E-state index contributed by atoms with van der Waals surface area (Å²) in [7, 11) is 0. The highest BCUT2D eigenvalue weighted by Gasteiger charge is 2.13. The van der Waals surface area contributed by atoms with Crippen molar-refractivity contribution < 1.29 is 19.4 Å². The first-order valence-electron chi connectivity index (χ1n) is 5.65. The van der Waals surface area contributed by atoms with Crippen LogP contribution in [0.1, 0.15) is 25.5 Å². The molecule has 1 heterocycles. The molecule has 1 rings (SSSR count). The van der Waals surface area contributed by atoms with Gasteiger partial charge >= 0.3 is 5.97 Å². The van der Waals surface area contributed by atoms with Gasteiger partial charge in [0.1, 0.15) is 0 Å². The Morgan fingerprint density at radius 3 is 2.72 bits per heavy atom. The lowest BCUT2D eigenvalue weighted by Crippen LogP contribution is -2.18. The summed E-state index contributed by atoms with van der Waals surface area (Å²) in [4.78, 5) is 35.6. The number of H-pyrrole nitrogens is 1. The van der Waals surface area contributed by atoms with E-state index in [1.807, 2.05) is 6.92 Å². The Morgan fingerprint density at radius 1 is 1.44 bits per heavy atom. The molecule has 0 fully saturated rings. The maximum absolute atomic E-state index is 11.6. The van der Waals surface area contributed by atoms with Gasteiger partial charge in [0.05, 0.1) is 13.0 Å². The molecule has 1 aromatic heterocycles. The van der Waals surface area contributed by atoms with E-state index in [-0.39, 0.29) is 23.3 Å². The van der Waals surface area contributed by atoms with E-state index in [4.69, 9.17) is 9.84 Å². The number of carboxylic acid groups (broad SMARTS) is 1. The normalized spacial score (nSPS) is 10.1. The Hall–Kier alpha value is -2.11. The summed E-state index contributed by atoms with van der Waals surface area (Å²) in [5.41, 5.74) is -0.103. The molecule has 0 saturated heterocycles. The molecule has 0 amide bonds. The highest BCUT2D eigenvalue weighted by Crippen LogP contribution is 2.04. The summed E-state index contributed by atoms with van der Waals surface area (Å²) in [6.07, 6.45) is 2.82. The van der Waals surface area contributed by atoms with Gasteiger partial charge in [0, 0.05) is 18.0 Å². The second-order valence-electron chi connectivity index (χ2n) is 3.79. The smallest absolute Gasteiger partial charge is 0.372 e. The van der Waals surface area contributed by atoms with E-state index in [0.29, 0.717) is 6.61 Å². The molecule has 98 valence electrons. The summed E-state index contributed by atoms with van der Waals surface area (Å²) in [5, 5.41) is 8.44. The number of hydrogen-bond acceptors (Lipinski definition) is 4. The molecule has 0 aliphatic heterocycles. The van der Waals surface area contributed by atoms with Crippen LogP contribution in [0.2, 0.25) is 0 Å². The van der Waals surface area contributed by atoms with E-state index in [2.05, 4.69) is 4.98 Å². The number of Topliss-reactive ketones (excluding diaryl/α,β-unsaturated/α-hetero) is 1. The van der Waals surface area contributed by atoms with Crippen molar-refractivity contribution in [3.05, 3.63) is 28.2 Å². The molecule has 0 aliphatic carbocycles. The average Bonchev–Trinajstić information content (AvgIpc) is 2.32. The van der Waals surface area contributed by atoms with Gasteiger partial charge in [-0.1, -0.05) is 13.3 Å². The van der Waals surface area contributed by atoms with Crippen LogP contribution < -0.4 is 10.2 Å². The topological polar surface area (TPSA) is 96.5 Å². The highest BCUT2D eigenvalue weighted by atomic mass is 16.5. The van der Waals surface area contributed by atoms with E-state index in [1.165, 1.54) is 12.3 Å². The lowest BCUT2D eigenvalue weighted by Gasteiger charge is -2.05. The van der Waals surface area contributed by atoms with E-state index in [0.717, 1.165) is 12.8 Å². The summed E-state index contributed by atoms with van der Waals surface area (Å²) in [6.45, 7) is 2.46. The molecule has 18 heavy (non-hydrogen) atoms. The van der Waals surface area contributed by atoms with E-state index >= 15 is 0 Å². The molecule has 0 aromatic carbocycles. The fourth-order valence-electron chi connectivity index (χ4n) is 1.29. The van der Waals surface area contributed by atoms with Crippen LogP contribution in [0, 0.1) is 0 Å². The van der Waals surface area contributed by atoms with Crippen LogP contribution in [0.3, 0.4) is 0 Å².